The van der Waals surface area contributed by atoms with Crippen LogP contribution >= 0.6 is 15.9 Å². The molecule has 0 aliphatic carbocycles. The Kier molecular flexibility index (Phi) is 4.59. The monoisotopic (exact) mass is 285 g/mol. The Bertz CT molecular complexity index is 389. The Morgan fingerprint density at radius 1 is 1.38 bits per heavy atom. The second kappa shape index (κ2) is 5.73. The lowest BCUT2D eigenvalue weighted by Crippen LogP contribution is -2.03. The number of rotatable bonds is 4. The highest BCUT2D eigenvalue weighted by molar-refractivity contribution is 9.10. The van der Waals surface area contributed by atoms with Crippen LogP contribution in [0.5, 0.6) is 11.5 Å². The van der Waals surface area contributed by atoms with E-state index in [2.05, 4.69) is 15.9 Å². The zero-order valence-electron chi connectivity index (χ0n) is 9.03. The molecule has 0 aliphatic heterocycles. The predicted octanol–water partition coefficient (Wildman–Crippen LogP) is 2.41. The molecule has 1 aromatic rings. The van der Waals surface area contributed by atoms with Crippen molar-refractivity contribution in [2.24, 2.45) is 0 Å². The number of nitriles is 1. The molecule has 1 N–H and O–H groups in total. The van der Waals surface area contributed by atoms with Crippen LogP contribution in [0.15, 0.2) is 16.6 Å². The summed E-state index contributed by atoms with van der Waals surface area (Å²) in [6.45, 7) is 0. The largest absolute Gasteiger partial charge is 0.496 e. The van der Waals surface area contributed by atoms with Gasteiger partial charge in [-0.15, -0.1) is 0 Å². The molecule has 4 nitrogen and oxygen atoms in total. The summed E-state index contributed by atoms with van der Waals surface area (Å²) in [6, 6.07) is 5.35. The van der Waals surface area contributed by atoms with E-state index in [1.54, 1.807) is 12.1 Å². The maximum atomic E-state index is 9.84. The van der Waals surface area contributed by atoms with E-state index in [0.717, 1.165) is 4.47 Å². The maximum Gasteiger partial charge on any atom is 0.129 e. The lowest BCUT2D eigenvalue weighted by atomic mass is 10.0. The van der Waals surface area contributed by atoms with Crippen LogP contribution in [0, 0.1) is 11.3 Å². The zero-order valence-corrected chi connectivity index (χ0v) is 10.6. The molecule has 0 aliphatic rings. The van der Waals surface area contributed by atoms with Gasteiger partial charge in [-0.2, -0.15) is 5.26 Å². The van der Waals surface area contributed by atoms with Crippen LogP contribution in [0.2, 0.25) is 0 Å². The fourth-order valence-corrected chi connectivity index (χ4v) is 1.84. The van der Waals surface area contributed by atoms with Gasteiger partial charge in [0.2, 0.25) is 0 Å². The molecule has 0 spiro atoms. The number of ether oxygens (including phenoxy) is 2. The summed E-state index contributed by atoms with van der Waals surface area (Å²) >= 11 is 3.31. The molecule has 0 radical (unpaired) electrons. The minimum Gasteiger partial charge on any atom is -0.496 e. The van der Waals surface area contributed by atoms with Crippen molar-refractivity contribution in [3.8, 4) is 17.6 Å². The SMILES string of the molecule is COc1cc(Br)cc(OC)c1C(O)CC#N. The molecule has 0 amide bonds. The lowest BCUT2D eigenvalue weighted by Gasteiger charge is -2.16. The van der Waals surface area contributed by atoms with E-state index in [0.29, 0.717) is 17.1 Å². The first-order valence-electron chi connectivity index (χ1n) is 4.60. The molecule has 0 fully saturated rings. The van der Waals surface area contributed by atoms with E-state index in [4.69, 9.17) is 14.7 Å². The highest BCUT2D eigenvalue weighted by Gasteiger charge is 2.19. The standard InChI is InChI=1S/C11H12BrNO3/c1-15-9-5-7(12)6-10(16-2)11(9)8(14)3-4-13/h5-6,8,14H,3H2,1-2H3. The van der Waals surface area contributed by atoms with Crippen LogP contribution < -0.4 is 9.47 Å². The van der Waals surface area contributed by atoms with Crippen molar-refractivity contribution in [3.05, 3.63) is 22.2 Å². The Labute approximate surface area is 103 Å². The van der Waals surface area contributed by atoms with Crippen molar-refractivity contribution in [1.29, 1.82) is 5.26 Å². The van der Waals surface area contributed by atoms with Crippen molar-refractivity contribution in [1.82, 2.24) is 0 Å². The van der Waals surface area contributed by atoms with Gasteiger partial charge in [-0.1, -0.05) is 15.9 Å². The molecule has 0 heterocycles. The lowest BCUT2D eigenvalue weighted by molar-refractivity contribution is 0.174. The third-order valence-electron chi connectivity index (χ3n) is 2.13. The fraction of sp³-hybridized carbons (Fsp3) is 0.364. The smallest absolute Gasteiger partial charge is 0.129 e. The van der Waals surface area contributed by atoms with Crippen LogP contribution in [0.4, 0.5) is 0 Å². The van der Waals surface area contributed by atoms with Gasteiger partial charge in [0.05, 0.1) is 38.4 Å². The van der Waals surface area contributed by atoms with Gasteiger partial charge in [0.1, 0.15) is 11.5 Å². The van der Waals surface area contributed by atoms with E-state index in [-0.39, 0.29) is 6.42 Å². The molecule has 1 unspecified atom stereocenters. The Balaban J connectivity index is 3.27. The number of hydrogen-bond donors (Lipinski definition) is 1. The molecular weight excluding hydrogens is 274 g/mol. The van der Waals surface area contributed by atoms with Gasteiger partial charge in [-0.05, 0) is 12.1 Å². The zero-order chi connectivity index (χ0) is 12.1. The van der Waals surface area contributed by atoms with Gasteiger partial charge in [0.15, 0.2) is 0 Å². The summed E-state index contributed by atoms with van der Waals surface area (Å²) in [5.41, 5.74) is 0.495. The van der Waals surface area contributed by atoms with E-state index in [1.807, 2.05) is 6.07 Å². The third-order valence-corrected chi connectivity index (χ3v) is 2.58. The summed E-state index contributed by atoms with van der Waals surface area (Å²) in [4.78, 5) is 0. The molecule has 1 aromatic carbocycles. The first kappa shape index (κ1) is 12.8. The van der Waals surface area contributed by atoms with Gasteiger partial charge in [-0.3, -0.25) is 0 Å². The second-order valence-electron chi connectivity index (χ2n) is 3.10. The summed E-state index contributed by atoms with van der Waals surface area (Å²) in [5, 5.41) is 18.4. The van der Waals surface area contributed by atoms with Crippen molar-refractivity contribution >= 4 is 15.9 Å². The number of halogens is 1. The number of methoxy groups -OCH3 is 2. The molecule has 1 atom stereocenters. The van der Waals surface area contributed by atoms with Gasteiger partial charge in [0, 0.05) is 4.47 Å². The molecule has 5 heteroatoms. The average Bonchev–Trinajstić information content (AvgIpc) is 2.27. The van der Waals surface area contributed by atoms with Crippen LogP contribution in [0.25, 0.3) is 0 Å². The molecular formula is C11H12BrNO3. The number of aliphatic hydroxyl groups excluding tert-OH is 1. The van der Waals surface area contributed by atoms with Crippen molar-refractivity contribution < 1.29 is 14.6 Å². The molecule has 1 rings (SSSR count). The summed E-state index contributed by atoms with van der Waals surface area (Å²) in [6.07, 6.45) is -0.919. The molecule has 0 saturated heterocycles. The molecule has 0 aromatic heterocycles. The Morgan fingerprint density at radius 2 is 1.88 bits per heavy atom. The van der Waals surface area contributed by atoms with Crippen LogP contribution in [0.3, 0.4) is 0 Å². The molecule has 0 bridgehead atoms. The normalized spacial score (nSPS) is 11.7. The summed E-state index contributed by atoms with van der Waals surface area (Å²) in [5.74, 6) is 0.989. The summed E-state index contributed by atoms with van der Waals surface area (Å²) < 4.78 is 11.1. The topological polar surface area (TPSA) is 62.5 Å². The highest BCUT2D eigenvalue weighted by atomic mass is 79.9. The fourth-order valence-electron chi connectivity index (χ4n) is 1.42. The first-order valence-corrected chi connectivity index (χ1v) is 5.39. The second-order valence-corrected chi connectivity index (χ2v) is 4.02. The van der Waals surface area contributed by atoms with E-state index < -0.39 is 6.10 Å². The first-order chi connectivity index (χ1) is 7.63. The van der Waals surface area contributed by atoms with E-state index in [1.165, 1.54) is 14.2 Å². The van der Waals surface area contributed by atoms with Crippen molar-refractivity contribution in [2.45, 2.75) is 12.5 Å². The predicted molar refractivity (Wildman–Crippen MR) is 62.4 cm³/mol. The number of nitrogens with zero attached hydrogens (tertiary/aromatic N) is 1. The molecule has 16 heavy (non-hydrogen) atoms. The molecule has 0 saturated carbocycles. The van der Waals surface area contributed by atoms with Gasteiger partial charge >= 0.3 is 0 Å². The van der Waals surface area contributed by atoms with Gasteiger partial charge in [-0.25, -0.2) is 0 Å². The number of aliphatic hydroxyl groups is 1. The van der Waals surface area contributed by atoms with Crippen molar-refractivity contribution in [3.63, 3.8) is 0 Å². The van der Waals surface area contributed by atoms with Crippen molar-refractivity contribution in [2.75, 3.05) is 14.2 Å². The van der Waals surface area contributed by atoms with E-state index >= 15 is 0 Å². The minimum absolute atomic E-state index is 0.00560. The molecule has 86 valence electrons. The number of benzene rings is 1. The Hall–Kier alpha value is -1.25. The quantitative estimate of drug-likeness (QED) is 0.923. The highest BCUT2D eigenvalue weighted by Crippen LogP contribution is 2.38. The summed E-state index contributed by atoms with van der Waals surface area (Å²) in [7, 11) is 3.01. The third kappa shape index (κ3) is 2.65. The van der Waals surface area contributed by atoms with E-state index in [9.17, 15) is 5.11 Å². The average molecular weight is 286 g/mol. The minimum atomic E-state index is -0.914. The number of hydrogen-bond acceptors (Lipinski definition) is 4. The van der Waals surface area contributed by atoms with Gasteiger partial charge in [0.25, 0.3) is 0 Å². The van der Waals surface area contributed by atoms with Crippen LogP contribution in [0.1, 0.15) is 18.1 Å². The van der Waals surface area contributed by atoms with Crippen LogP contribution in [-0.4, -0.2) is 19.3 Å². The maximum absolute atomic E-state index is 9.84. The Morgan fingerprint density at radius 3 is 2.25 bits per heavy atom. The van der Waals surface area contributed by atoms with Crippen LogP contribution in [-0.2, 0) is 0 Å². The van der Waals surface area contributed by atoms with Gasteiger partial charge < -0.3 is 14.6 Å².